The largest absolute Gasteiger partial charge is 0.318 e. The highest BCUT2D eigenvalue weighted by Gasteiger charge is 2.11. The Morgan fingerprint density at radius 2 is 1.52 bits per heavy atom. The summed E-state index contributed by atoms with van der Waals surface area (Å²) in [5.74, 6) is -0.620. The molecule has 0 aliphatic rings. The van der Waals surface area contributed by atoms with E-state index in [0.29, 0.717) is 11.1 Å². The van der Waals surface area contributed by atoms with Crippen LogP contribution in [-0.4, -0.2) is 4.57 Å². The molecule has 0 saturated heterocycles. The Hall–Kier alpha value is -3.19. The maximum absolute atomic E-state index is 13.2. The van der Waals surface area contributed by atoms with E-state index >= 15 is 0 Å². The highest BCUT2D eigenvalue weighted by Crippen LogP contribution is 2.25. The summed E-state index contributed by atoms with van der Waals surface area (Å²) < 4.78 is 28.3. The van der Waals surface area contributed by atoms with E-state index in [4.69, 9.17) is 0 Å². The van der Waals surface area contributed by atoms with Crippen LogP contribution in [0.5, 0.6) is 0 Å². The van der Waals surface area contributed by atoms with Crippen molar-refractivity contribution in [3.8, 4) is 11.8 Å². The molecule has 0 radical (unpaired) electrons. The number of benzene rings is 2. The molecule has 25 heavy (non-hydrogen) atoms. The van der Waals surface area contributed by atoms with Crippen LogP contribution in [0, 0.1) is 36.8 Å². The molecule has 0 amide bonds. The summed E-state index contributed by atoms with van der Waals surface area (Å²) in [4.78, 5) is 0. The number of nitrogens with zero attached hydrogens (tertiary/aromatic N) is 2. The normalized spacial score (nSPS) is 11.4. The maximum atomic E-state index is 13.2. The molecule has 0 aliphatic carbocycles. The van der Waals surface area contributed by atoms with Crippen molar-refractivity contribution >= 4 is 11.6 Å². The molecule has 3 rings (SSSR count). The standard InChI is InChI=1S/C21H16F2N2/c1-14-11-17(12-18(13-24)16-3-5-19(22)6-4-16)15(2)25(14)21-9-7-20(23)8-10-21/h3-12H,1-2H3/b18-12-. The molecule has 0 unspecified atom stereocenters. The number of rotatable bonds is 3. The van der Waals surface area contributed by atoms with Gasteiger partial charge in [0.25, 0.3) is 0 Å². The Labute approximate surface area is 145 Å². The van der Waals surface area contributed by atoms with Gasteiger partial charge in [0, 0.05) is 17.1 Å². The molecule has 0 atom stereocenters. The summed E-state index contributed by atoms with van der Waals surface area (Å²) in [7, 11) is 0. The number of nitriles is 1. The molecule has 0 N–H and O–H groups in total. The highest BCUT2D eigenvalue weighted by molar-refractivity contribution is 5.90. The zero-order valence-electron chi connectivity index (χ0n) is 13.9. The predicted octanol–water partition coefficient (Wildman–Crippen LogP) is 5.44. The van der Waals surface area contributed by atoms with Gasteiger partial charge in [-0.15, -0.1) is 0 Å². The van der Waals surface area contributed by atoms with Crippen molar-refractivity contribution in [3.05, 3.63) is 88.7 Å². The van der Waals surface area contributed by atoms with Gasteiger partial charge in [-0.1, -0.05) is 12.1 Å². The van der Waals surface area contributed by atoms with Crippen molar-refractivity contribution in [2.24, 2.45) is 0 Å². The fourth-order valence-electron chi connectivity index (χ4n) is 2.89. The smallest absolute Gasteiger partial charge is 0.123 e. The first-order valence-electron chi connectivity index (χ1n) is 7.82. The quantitative estimate of drug-likeness (QED) is 0.587. The Morgan fingerprint density at radius 3 is 2.08 bits per heavy atom. The molecular weight excluding hydrogens is 318 g/mol. The van der Waals surface area contributed by atoms with E-state index in [0.717, 1.165) is 22.6 Å². The second-order valence-corrected chi connectivity index (χ2v) is 5.82. The fraction of sp³-hybridized carbons (Fsp3) is 0.0952. The molecule has 2 aromatic carbocycles. The van der Waals surface area contributed by atoms with E-state index in [1.54, 1.807) is 30.3 Å². The second-order valence-electron chi connectivity index (χ2n) is 5.82. The molecule has 4 heteroatoms. The molecule has 0 bridgehead atoms. The molecule has 0 fully saturated rings. The fourth-order valence-corrected chi connectivity index (χ4v) is 2.89. The highest BCUT2D eigenvalue weighted by atomic mass is 19.1. The van der Waals surface area contributed by atoms with Crippen molar-refractivity contribution < 1.29 is 8.78 Å². The van der Waals surface area contributed by atoms with E-state index in [-0.39, 0.29) is 11.6 Å². The van der Waals surface area contributed by atoms with E-state index < -0.39 is 0 Å². The van der Waals surface area contributed by atoms with Crippen molar-refractivity contribution in [2.75, 3.05) is 0 Å². The minimum Gasteiger partial charge on any atom is -0.318 e. The lowest BCUT2D eigenvalue weighted by molar-refractivity contribution is 0.627. The SMILES string of the molecule is Cc1cc(/C=C(/C#N)c2ccc(F)cc2)c(C)n1-c1ccc(F)cc1. The van der Waals surface area contributed by atoms with Gasteiger partial charge in [0.15, 0.2) is 0 Å². The molecule has 1 aromatic heterocycles. The van der Waals surface area contributed by atoms with Gasteiger partial charge in [-0.2, -0.15) is 5.26 Å². The van der Waals surface area contributed by atoms with Crippen LogP contribution in [0.3, 0.4) is 0 Å². The van der Waals surface area contributed by atoms with Crippen molar-refractivity contribution in [1.82, 2.24) is 4.57 Å². The Morgan fingerprint density at radius 1 is 0.960 bits per heavy atom. The van der Waals surface area contributed by atoms with Crippen LogP contribution in [0.25, 0.3) is 17.3 Å². The number of hydrogen-bond donors (Lipinski definition) is 0. The second kappa shape index (κ2) is 6.74. The minimum atomic E-state index is -0.337. The van der Waals surface area contributed by atoms with Gasteiger partial charge in [-0.3, -0.25) is 0 Å². The summed E-state index contributed by atoms with van der Waals surface area (Å²) in [6.45, 7) is 3.90. The summed E-state index contributed by atoms with van der Waals surface area (Å²) in [5.41, 5.74) is 4.79. The third kappa shape index (κ3) is 3.36. The molecule has 0 aliphatic heterocycles. The monoisotopic (exact) mass is 334 g/mol. The maximum Gasteiger partial charge on any atom is 0.123 e. The molecule has 2 nitrogen and oxygen atoms in total. The van der Waals surface area contributed by atoms with Crippen LogP contribution in [0.1, 0.15) is 22.5 Å². The first-order valence-corrected chi connectivity index (χ1v) is 7.82. The molecule has 0 saturated carbocycles. The number of hydrogen-bond acceptors (Lipinski definition) is 1. The first-order chi connectivity index (χ1) is 12.0. The van der Waals surface area contributed by atoms with Gasteiger partial charge in [-0.05, 0) is 73.5 Å². The molecule has 1 heterocycles. The average Bonchev–Trinajstić information content (AvgIpc) is 2.88. The lowest BCUT2D eigenvalue weighted by Crippen LogP contribution is -1.99. The van der Waals surface area contributed by atoms with Crippen LogP contribution < -0.4 is 0 Å². The third-order valence-electron chi connectivity index (χ3n) is 4.13. The van der Waals surface area contributed by atoms with Crippen LogP contribution in [0.2, 0.25) is 0 Å². The van der Waals surface area contributed by atoms with Crippen molar-refractivity contribution in [1.29, 1.82) is 5.26 Å². The van der Waals surface area contributed by atoms with E-state index in [9.17, 15) is 14.0 Å². The Kier molecular flexibility index (Phi) is 4.49. The Bertz CT molecular complexity index is 972. The van der Waals surface area contributed by atoms with Gasteiger partial charge in [0.05, 0.1) is 11.6 Å². The van der Waals surface area contributed by atoms with Crippen LogP contribution >= 0.6 is 0 Å². The Balaban J connectivity index is 2.06. The topological polar surface area (TPSA) is 28.7 Å². The van der Waals surface area contributed by atoms with Gasteiger partial charge in [-0.25, -0.2) is 8.78 Å². The van der Waals surface area contributed by atoms with Gasteiger partial charge < -0.3 is 4.57 Å². The summed E-state index contributed by atoms with van der Waals surface area (Å²) in [5, 5.41) is 9.46. The zero-order valence-corrected chi connectivity index (χ0v) is 13.9. The van der Waals surface area contributed by atoms with Crippen LogP contribution in [-0.2, 0) is 0 Å². The summed E-state index contributed by atoms with van der Waals surface area (Å²) >= 11 is 0. The zero-order chi connectivity index (χ0) is 18.0. The van der Waals surface area contributed by atoms with E-state index in [1.807, 2.05) is 24.5 Å². The number of allylic oxidation sites excluding steroid dienone is 1. The summed E-state index contributed by atoms with van der Waals surface area (Å²) in [6, 6.07) is 16.3. The predicted molar refractivity (Wildman–Crippen MR) is 95.1 cm³/mol. The van der Waals surface area contributed by atoms with E-state index in [1.165, 1.54) is 24.3 Å². The third-order valence-corrected chi connectivity index (χ3v) is 4.13. The average molecular weight is 334 g/mol. The number of aryl methyl sites for hydroxylation is 1. The molecule has 0 spiro atoms. The lowest BCUT2D eigenvalue weighted by Gasteiger charge is -2.09. The summed E-state index contributed by atoms with van der Waals surface area (Å²) in [6.07, 6.45) is 1.79. The minimum absolute atomic E-state index is 0.283. The van der Waals surface area contributed by atoms with E-state index in [2.05, 4.69) is 6.07 Å². The molecule has 3 aromatic rings. The number of halogens is 2. The van der Waals surface area contributed by atoms with Crippen molar-refractivity contribution in [2.45, 2.75) is 13.8 Å². The lowest BCUT2D eigenvalue weighted by atomic mass is 10.0. The van der Waals surface area contributed by atoms with Gasteiger partial charge in [0.2, 0.25) is 0 Å². The van der Waals surface area contributed by atoms with Gasteiger partial charge >= 0.3 is 0 Å². The molecular formula is C21H16F2N2. The molecule has 124 valence electrons. The van der Waals surface area contributed by atoms with Crippen LogP contribution in [0.4, 0.5) is 8.78 Å². The van der Waals surface area contributed by atoms with Gasteiger partial charge in [0.1, 0.15) is 11.6 Å². The van der Waals surface area contributed by atoms with Crippen LogP contribution in [0.15, 0.2) is 54.6 Å². The van der Waals surface area contributed by atoms with Crippen molar-refractivity contribution in [3.63, 3.8) is 0 Å². The number of aromatic nitrogens is 1. The first kappa shape index (κ1) is 16.7.